The topological polar surface area (TPSA) is 91.2 Å². The number of fused-ring (bicyclic) bond motifs is 2. The molecule has 144 valence electrons. The summed E-state index contributed by atoms with van der Waals surface area (Å²) in [7, 11) is 0. The molecule has 0 aliphatic carbocycles. The Balaban J connectivity index is 1.29. The fourth-order valence-electron chi connectivity index (χ4n) is 3.55. The highest BCUT2D eigenvalue weighted by atomic mass is 32.1. The van der Waals surface area contributed by atoms with E-state index in [9.17, 15) is 4.79 Å². The summed E-state index contributed by atoms with van der Waals surface area (Å²) < 4.78 is 13.2. The Hall–Kier alpha value is -2.94. The van der Waals surface area contributed by atoms with Crippen molar-refractivity contribution in [3.8, 4) is 22.8 Å². The van der Waals surface area contributed by atoms with E-state index >= 15 is 0 Å². The molecule has 2 aliphatic rings. The summed E-state index contributed by atoms with van der Waals surface area (Å²) in [6.07, 6.45) is 1.53. The molecule has 3 aromatic rings. The van der Waals surface area contributed by atoms with Crippen LogP contribution < -0.4 is 14.8 Å². The summed E-state index contributed by atoms with van der Waals surface area (Å²) in [6.45, 7) is 3.64. The standard InChI is InChI=1S/C19H19N5O3S/c1-11-22-23-17-5-3-13(9-24(11)17)18(25)21-19-20-14(10-28-19)12-2-4-15-16(8-12)27-7-6-26-15/h2,4,8,10,13H,3,5-7,9H2,1H3,(H,20,21,25). The third kappa shape index (κ3) is 3.11. The molecule has 4 heterocycles. The number of anilines is 1. The van der Waals surface area contributed by atoms with Gasteiger partial charge in [0.2, 0.25) is 5.91 Å². The molecule has 1 N–H and O–H groups in total. The number of hydrogen-bond donors (Lipinski definition) is 1. The van der Waals surface area contributed by atoms with Crippen LogP contribution in [0.4, 0.5) is 5.13 Å². The van der Waals surface area contributed by atoms with Crippen molar-refractivity contribution in [2.24, 2.45) is 5.92 Å². The number of amides is 1. The Kier molecular flexibility index (Phi) is 4.23. The lowest BCUT2D eigenvalue weighted by atomic mass is 9.98. The van der Waals surface area contributed by atoms with E-state index < -0.39 is 0 Å². The first-order chi connectivity index (χ1) is 13.7. The minimum atomic E-state index is -0.108. The Morgan fingerprint density at radius 2 is 2.11 bits per heavy atom. The number of nitrogens with zero attached hydrogens (tertiary/aromatic N) is 4. The van der Waals surface area contributed by atoms with E-state index in [4.69, 9.17) is 9.47 Å². The molecule has 0 spiro atoms. The fraction of sp³-hybridized carbons (Fsp3) is 0.368. The fourth-order valence-corrected chi connectivity index (χ4v) is 4.27. The molecule has 28 heavy (non-hydrogen) atoms. The maximum absolute atomic E-state index is 12.7. The van der Waals surface area contributed by atoms with Crippen molar-refractivity contribution >= 4 is 22.4 Å². The normalized spacial score (nSPS) is 17.8. The van der Waals surface area contributed by atoms with Crippen molar-refractivity contribution < 1.29 is 14.3 Å². The highest BCUT2D eigenvalue weighted by Gasteiger charge is 2.27. The van der Waals surface area contributed by atoms with Gasteiger partial charge in [-0.3, -0.25) is 4.79 Å². The summed E-state index contributed by atoms with van der Waals surface area (Å²) in [6, 6.07) is 5.76. The maximum Gasteiger partial charge on any atom is 0.231 e. The van der Waals surface area contributed by atoms with Crippen LogP contribution in [-0.4, -0.2) is 38.9 Å². The second kappa shape index (κ2) is 6.90. The van der Waals surface area contributed by atoms with E-state index in [0.29, 0.717) is 24.9 Å². The quantitative estimate of drug-likeness (QED) is 0.731. The van der Waals surface area contributed by atoms with Crippen LogP contribution in [0.2, 0.25) is 0 Å². The Bertz CT molecular complexity index is 1040. The molecular weight excluding hydrogens is 378 g/mol. The number of benzene rings is 1. The number of carbonyl (C=O) groups is 1. The van der Waals surface area contributed by atoms with Crippen LogP contribution in [0.15, 0.2) is 23.6 Å². The first-order valence-corrected chi connectivity index (χ1v) is 10.1. The van der Waals surface area contributed by atoms with Gasteiger partial charge < -0.3 is 19.4 Å². The van der Waals surface area contributed by atoms with Crippen LogP contribution in [0.5, 0.6) is 11.5 Å². The number of rotatable bonds is 3. The minimum absolute atomic E-state index is 0.0122. The molecule has 0 radical (unpaired) electrons. The molecule has 1 atom stereocenters. The van der Waals surface area contributed by atoms with Crippen molar-refractivity contribution in [1.29, 1.82) is 0 Å². The second-order valence-electron chi connectivity index (χ2n) is 6.90. The van der Waals surface area contributed by atoms with Gasteiger partial charge >= 0.3 is 0 Å². The third-order valence-electron chi connectivity index (χ3n) is 5.07. The van der Waals surface area contributed by atoms with E-state index in [-0.39, 0.29) is 11.8 Å². The molecule has 1 aromatic carbocycles. The average molecular weight is 397 g/mol. The first kappa shape index (κ1) is 17.2. The van der Waals surface area contributed by atoms with E-state index in [0.717, 1.165) is 47.2 Å². The van der Waals surface area contributed by atoms with Crippen LogP contribution in [0, 0.1) is 12.8 Å². The summed E-state index contributed by atoms with van der Waals surface area (Å²) in [5.41, 5.74) is 1.74. The number of carbonyl (C=O) groups excluding carboxylic acids is 1. The lowest BCUT2D eigenvalue weighted by Crippen LogP contribution is -2.31. The van der Waals surface area contributed by atoms with Gasteiger partial charge in [0.25, 0.3) is 0 Å². The lowest BCUT2D eigenvalue weighted by molar-refractivity contribution is -0.120. The van der Waals surface area contributed by atoms with Gasteiger partial charge in [-0.2, -0.15) is 0 Å². The number of aromatic nitrogens is 4. The van der Waals surface area contributed by atoms with Gasteiger partial charge in [0.15, 0.2) is 16.6 Å². The highest BCUT2D eigenvalue weighted by molar-refractivity contribution is 7.14. The van der Waals surface area contributed by atoms with Crippen molar-refractivity contribution in [2.75, 3.05) is 18.5 Å². The number of nitrogens with one attached hydrogen (secondary N) is 1. The van der Waals surface area contributed by atoms with Crippen molar-refractivity contribution in [2.45, 2.75) is 26.3 Å². The van der Waals surface area contributed by atoms with E-state index in [2.05, 4.69) is 20.5 Å². The molecular formula is C19H19N5O3S. The molecule has 5 rings (SSSR count). The van der Waals surface area contributed by atoms with Crippen LogP contribution in [0.1, 0.15) is 18.1 Å². The molecule has 9 heteroatoms. The summed E-state index contributed by atoms with van der Waals surface area (Å²) in [5, 5.41) is 13.7. The first-order valence-electron chi connectivity index (χ1n) is 9.22. The van der Waals surface area contributed by atoms with Crippen molar-refractivity contribution in [3.05, 3.63) is 35.2 Å². The minimum Gasteiger partial charge on any atom is -0.486 e. The highest BCUT2D eigenvalue weighted by Crippen LogP contribution is 2.35. The van der Waals surface area contributed by atoms with Gasteiger partial charge in [0, 0.05) is 23.9 Å². The predicted molar refractivity (Wildman–Crippen MR) is 104 cm³/mol. The van der Waals surface area contributed by atoms with Gasteiger partial charge in [-0.1, -0.05) is 0 Å². The Morgan fingerprint density at radius 3 is 3.00 bits per heavy atom. The SMILES string of the molecule is Cc1nnc2n1CC(C(=O)Nc1nc(-c3ccc4c(c3)OCCO4)cs1)CC2. The Morgan fingerprint density at radius 1 is 1.25 bits per heavy atom. The van der Waals surface area contributed by atoms with Gasteiger partial charge in [-0.15, -0.1) is 21.5 Å². The van der Waals surface area contributed by atoms with Crippen LogP contribution in [0.25, 0.3) is 11.3 Å². The monoisotopic (exact) mass is 397 g/mol. The number of hydrogen-bond acceptors (Lipinski definition) is 7. The summed E-state index contributed by atoms with van der Waals surface area (Å²) in [4.78, 5) is 17.3. The third-order valence-corrected chi connectivity index (χ3v) is 5.83. The van der Waals surface area contributed by atoms with Crippen LogP contribution in [0.3, 0.4) is 0 Å². The van der Waals surface area contributed by atoms with E-state index in [1.54, 1.807) is 0 Å². The molecule has 1 amide bonds. The van der Waals surface area contributed by atoms with Gasteiger partial charge in [0.1, 0.15) is 24.9 Å². The largest absolute Gasteiger partial charge is 0.486 e. The molecule has 0 saturated heterocycles. The molecule has 8 nitrogen and oxygen atoms in total. The predicted octanol–water partition coefficient (Wildman–Crippen LogP) is 2.68. The van der Waals surface area contributed by atoms with Gasteiger partial charge in [0.05, 0.1) is 11.6 Å². The second-order valence-corrected chi connectivity index (χ2v) is 7.75. The zero-order valence-electron chi connectivity index (χ0n) is 15.3. The summed E-state index contributed by atoms with van der Waals surface area (Å²) in [5.74, 6) is 3.16. The smallest absolute Gasteiger partial charge is 0.231 e. The molecule has 2 aromatic heterocycles. The molecule has 0 saturated carbocycles. The zero-order chi connectivity index (χ0) is 19.1. The molecule has 0 bridgehead atoms. The van der Waals surface area contributed by atoms with Crippen molar-refractivity contribution in [3.63, 3.8) is 0 Å². The van der Waals surface area contributed by atoms with Gasteiger partial charge in [-0.25, -0.2) is 4.98 Å². The number of aryl methyl sites for hydroxylation is 2. The molecule has 2 aliphatic heterocycles. The lowest BCUT2D eigenvalue weighted by Gasteiger charge is -2.22. The number of ether oxygens (including phenoxy) is 2. The van der Waals surface area contributed by atoms with Crippen LogP contribution in [-0.2, 0) is 17.8 Å². The number of thiazole rings is 1. The average Bonchev–Trinajstić information content (AvgIpc) is 3.34. The van der Waals surface area contributed by atoms with Crippen molar-refractivity contribution in [1.82, 2.24) is 19.7 Å². The molecule has 1 unspecified atom stereocenters. The van der Waals surface area contributed by atoms with E-state index in [1.807, 2.05) is 35.1 Å². The van der Waals surface area contributed by atoms with Gasteiger partial charge in [-0.05, 0) is 31.5 Å². The summed E-state index contributed by atoms with van der Waals surface area (Å²) >= 11 is 1.42. The van der Waals surface area contributed by atoms with Crippen LogP contribution >= 0.6 is 11.3 Å². The molecule has 0 fully saturated rings. The van der Waals surface area contributed by atoms with E-state index in [1.165, 1.54) is 11.3 Å². The maximum atomic E-state index is 12.7. The Labute approximate surface area is 165 Å². The zero-order valence-corrected chi connectivity index (χ0v) is 16.2.